The van der Waals surface area contributed by atoms with Gasteiger partial charge in [0.25, 0.3) is 0 Å². The second kappa shape index (κ2) is 34.8. The van der Waals surface area contributed by atoms with Crippen molar-refractivity contribution in [2.45, 2.75) is 194 Å². The Balaban J connectivity index is 4.38. The highest BCUT2D eigenvalue weighted by molar-refractivity contribution is 5.71. The Morgan fingerprint density at radius 3 is 1.20 bits per heavy atom. The fourth-order valence-corrected chi connectivity index (χ4v) is 5.03. The number of ether oxygens (including phenoxy) is 3. The smallest absolute Gasteiger partial charge is 0.306 e. The van der Waals surface area contributed by atoms with E-state index >= 15 is 0 Å². The summed E-state index contributed by atoms with van der Waals surface area (Å²) in [5.41, 5.74) is 0. The molecule has 0 fully saturated rings. The quantitative estimate of drug-likeness (QED) is 0.0309. The van der Waals surface area contributed by atoms with Crippen LogP contribution in [0.2, 0.25) is 0 Å². The topological polar surface area (TPSA) is 78.9 Å². The van der Waals surface area contributed by atoms with E-state index in [-0.39, 0.29) is 31.1 Å². The molecule has 0 aliphatic carbocycles. The monoisotopic (exact) mass is 635 g/mol. The van der Waals surface area contributed by atoms with Crippen molar-refractivity contribution in [2.75, 3.05) is 13.2 Å². The van der Waals surface area contributed by atoms with Gasteiger partial charge in [-0.25, -0.2) is 0 Å². The lowest BCUT2D eigenvalue weighted by Crippen LogP contribution is -2.30. The summed E-state index contributed by atoms with van der Waals surface area (Å²) < 4.78 is 16.5. The third-order valence-electron chi connectivity index (χ3n) is 7.89. The summed E-state index contributed by atoms with van der Waals surface area (Å²) in [6, 6.07) is 0. The summed E-state index contributed by atoms with van der Waals surface area (Å²) in [6.07, 6.45) is 34.6. The molecule has 0 amide bonds. The zero-order valence-corrected chi connectivity index (χ0v) is 29.6. The molecule has 0 aromatic rings. The van der Waals surface area contributed by atoms with E-state index in [0.29, 0.717) is 19.3 Å². The van der Waals surface area contributed by atoms with Gasteiger partial charge in [-0.05, 0) is 57.8 Å². The van der Waals surface area contributed by atoms with Crippen LogP contribution in [0.25, 0.3) is 0 Å². The minimum absolute atomic E-state index is 0.0768. The van der Waals surface area contributed by atoms with Crippen LogP contribution < -0.4 is 0 Å². The number of carbonyl (C=O) groups is 3. The van der Waals surface area contributed by atoms with Gasteiger partial charge in [0.1, 0.15) is 13.2 Å². The Hall–Kier alpha value is -2.11. The molecule has 0 aromatic carbocycles. The number of rotatable bonds is 33. The predicted octanol–water partition coefficient (Wildman–Crippen LogP) is 11.3. The summed E-state index contributed by atoms with van der Waals surface area (Å²) in [5.74, 6) is -0.912. The van der Waals surface area contributed by atoms with Gasteiger partial charge in [-0.15, -0.1) is 0 Å². The molecule has 0 aliphatic rings. The molecule has 1 unspecified atom stereocenters. The lowest BCUT2D eigenvalue weighted by atomic mass is 10.1. The second-order valence-corrected chi connectivity index (χ2v) is 12.5. The van der Waals surface area contributed by atoms with E-state index in [9.17, 15) is 14.4 Å². The highest BCUT2D eigenvalue weighted by Crippen LogP contribution is 2.12. The number of esters is 3. The van der Waals surface area contributed by atoms with E-state index in [2.05, 4.69) is 45.1 Å². The normalized spacial score (nSPS) is 12.2. The molecule has 0 saturated heterocycles. The first-order chi connectivity index (χ1) is 22.0. The van der Waals surface area contributed by atoms with Gasteiger partial charge >= 0.3 is 17.9 Å². The maximum atomic E-state index is 12.6. The Morgan fingerprint density at radius 2 is 0.778 bits per heavy atom. The molecule has 0 spiro atoms. The van der Waals surface area contributed by atoms with Crippen LogP contribution in [0.4, 0.5) is 0 Å². The minimum Gasteiger partial charge on any atom is -0.462 e. The van der Waals surface area contributed by atoms with Gasteiger partial charge in [-0.1, -0.05) is 135 Å². The zero-order valence-electron chi connectivity index (χ0n) is 29.6. The van der Waals surface area contributed by atoms with Crippen LogP contribution in [-0.2, 0) is 28.6 Å². The largest absolute Gasteiger partial charge is 0.462 e. The third-order valence-corrected chi connectivity index (χ3v) is 7.89. The van der Waals surface area contributed by atoms with Crippen molar-refractivity contribution >= 4 is 17.9 Å². The molecule has 0 aliphatic heterocycles. The molecule has 0 radical (unpaired) electrons. The first-order valence-corrected chi connectivity index (χ1v) is 18.8. The van der Waals surface area contributed by atoms with Crippen LogP contribution in [0, 0.1) is 0 Å². The van der Waals surface area contributed by atoms with E-state index in [0.717, 1.165) is 89.9 Å². The summed E-state index contributed by atoms with van der Waals surface area (Å²) in [6.45, 7) is 6.42. The molecule has 0 rings (SSSR count). The molecular formula is C39H70O6. The molecule has 45 heavy (non-hydrogen) atoms. The Bertz CT molecular complexity index is 744. The number of allylic oxidation sites excluding steroid dienone is 4. The van der Waals surface area contributed by atoms with Crippen LogP contribution in [0.3, 0.4) is 0 Å². The number of unbranched alkanes of at least 4 members (excludes halogenated alkanes) is 18. The second-order valence-electron chi connectivity index (χ2n) is 12.5. The number of hydrogen-bond acceptors (Lipinski definition) is 6. The number of hydrogen-bond donors (Lipinski definition) is 0. The fourth-order valence-electron chi connectivity index (χ4n) is 5.03. The molecule has 0 bridgehead atoms. The number of carbonyl (C=O) groups excluding carboxylic acids is 3. The van der Waals surface area contributed by atoms with Crippen molar-refractivity contribution in [1.29, 1.82) is 0 Å². The molecule has 0 N–H and O–H groups in total. The van der Waals surface area contributed by atoms with Gasteiger partial charge in [0, 0.05) is 19.3 Å². The van der Waals surface area contributed by atoms with Gasteiger partial charge < -0.3 is 14.2 Å². The van der Waals surface area contributed by atoms with E-state index in [1.54, 1.807) is 0 Å². The molecule has 1 atom stereocenters. The Morgan fingerprint density at radius 1 is 0.422 bits per heavy atom. The first-order valence-electron chi connectivity index (χ1n) is 18.8. The van der Waals surface area contributed by atoms with Crippen molar-refractivity contribution in [2.24, 2.45) is 0 Å². The van der Waals surface area contributed by atoms with Crippen molar-refractivity contribution in [3.05, 3.63) is 24.3 Å². The van der Waals surface area contributed by atoms with Crippen LogP contribution in [0.1, 0.15) is 188 Å². The minimum atomic E-state index is -0.768. The molecule has 262 valence electrons. The lowest BCUT2D eigenvalue weighted by Gasteiger charge is -2.18. The van der Waals surface area contributed by atoms with Crippen LogP contribution in [0.5, 0.6) is 0 Å². The predicted molar refractivity (Wildman–Crippen MR) is 187 cm³/mol. The molecule has 6 nitrogen and oxygen atoms in total. The molecule has 0 saturated carbocycles. The average molecular weight is 635 g/mol. The van der Waals surface area contributed by atoms with E-state index < -0.39 is 6.10 Å². The Kier molecular flexibility index (Phi) is 33.1. The highest BCUT2D eigenvalue weighted by atomic mass is 16.6. The van der Waals surface area contributed by atoms with Crippen LogP contribution in [-0.4, -0.2) is 37.2 Å². The maximum Gasteiger partial charge on any atom is 0.306 e. The van der Waals surface area contributed by atoms with Gasteiger partial charge in [-0.2, -0.15) is 0 Å². The fraction of sp³-hybridized carbons (Fsp3) is 0.821. The first kappa shape index (κ1) is 42.9. The molecule has 0 aromatic heterocycles. The summed E-state index contributed by atoms with van der Waals surface area (Å²) >= 11 is 0. The Labute approximate surface area is 277 Å². The highest BCUT2D eigenvalue weighted by Gasteiger charge is 2.19. The SMILES string of the molecule is CCC/C=C\CCCCCCCC(=O)OCC(COC(=O)CCCCCCCCC)OC(=O)CCCCCCC/C=C\CCC. The molecular weight excluding hydrogens is 564 g/mol. The van der Waals surface area contributed by atoms with Crippen LogP contribution in [0.15, 0.2) is 24.3 Å². The van der Waals surface area contributed by atoms with Crippen LogP contribution >= 0.6 is 0 Å². The van der Waals surface area contributed by atoms with Gasteiger partial charge in [-0.3, -0.25) is 14.4 Å². The van der Waals surface area contributed by atoms with E-state index in [1.807, 2.05) is 0 Å². The summed E-state index contributed by atoms with van der Waals surface area (Å²) in [7, 11) is 0. The third kappa shape index (κ3) is 33.1. The van der Waals surface area contributed by atoms with Crippen molar-refractivity contribution in [1.82, 2.24) is 0 Å². The van der Waals surface area contributed by atoms with E-state index in [4.69, 9.17) is 14.2 Å². The molecule has 0 heterocycles. The van der Waals surface area contributed by atoms with Crippen molar-refractivity contribution in [3.63, 3.8) is 0 Å². The lowest BCUT2D eigenvalue weighted by molar-refractivity contribution is -0.167. The average Bonchev–Trinajstić information content (AvgIpc) is 3.03. The van der Waals surface area contributed by atoms with Crippen molar-refractivity contribution in [3.8, 4) is 0 Å². The summed E-state index contributed by atoms with van der Waals surface area (Å²) in [5, 5.41) is 0. The van der Waals surface area contributed by atoms with Gasteiger partial charge in [0.05, 0.1) is 0 Å². The molecule has 6 heteroatoms. The van der Waals surface area contributed by atoms with Gasteiger partial charge in [0.15, 0.2) is 6.10 Å². The zero-order chi connectivity index (χ0) is 33.1. The van der Waals surface area contributed by atoms with E-state index in [1.165, 1.54) is 57.8 Å². The standard InChI is InChI=1S/C39H70O6/c1-4-7-10-13-16-18-20-23-26-29-32-38(41)44-35-36(34-43-37(40)31-28-25-22-15-12-9-6-3)45-39(42)33-30-27-24-21-19-17-14-11-8-5-2/h10-11,13-14,36H,4-9,12,15-35H2,1-3H3/b13-10-,14-11-. The maximum absolute atomic E-state index is 12.6. The van der Waals surface area contributed by atoms with Crippen molar-refractivity contribution < 1.29 is 28.6 Å². The summed E-state index contributed by atoms with van der Waals surface area (Å²) in [4.78, 5) is 37.2. The van der Waals surface area contributed by atoms with Gasteiger partial charge in [0.2, 0.25) is 0 Å².